The molecule has 4 N–H and O–H groups in total. The number of benzene rings is 1. The molecule has 19 heavy (non-hydrogen) atoms. The van der Waals surface area contributed by atoms with Gasteiger partial charge in [0.2, 0.25) is 0 Å². The van der Waals surface area contributed by atoms with E-state index in [-0.39, 0.29) is 11.6 Å². The van der Waals surface area contributed by atoms with Crippen molar-refractivity contribution in [2.75, 3.05) is 17.7 Å². The molecule has 0 aliphatic carbocycles. The second-order valence-corrected chi connectivity index (χ2v) is 5.26. The first kappa shape index (κ1) is 12.1. The molecule has 1 saturated heterocycles. The minimum atomic E-state index is -0.477. The van der Waals surface area contributed by atoms with E-state index in [9.17, 15) is 4.79 Å². The van der Waals surface area contributed by atoms with Crippen LogP contribution in [0.5, 0.6) is 0 Å². The summed E-state index contributed by atoms with van der Waals surface area (Å²) in [5, 5.41) is 3.42. The van der Waals surface area contributed by atoms with Crippen LogP contribution >= 0.6 is 0 Å². The molecule has 2 aromatic rings. The van der Waals surface area contributed by atoms with Gasteiger partial charge in [-0.3, -0.25) is 4.98 Å². The number of ether oxygens (including phenoxy) is 1. The summed E-state index contributed by atoms with van der Waals surface area (Å²) in [6.45, 7) is 4.87. The van der Waals surface area contributed by atoms with Gasteiger partial charge in [0.25, 0.3) is 0 Å². The lowest BCUT2D eigenvalue weighted by atomic mass is 9.94. The highest BCUT2D eigenvalue weighted by molar-refractivity contribution is 5.85. The van der Waals surface area contributed by atoms with Crippen LogP contribution in [0.25, 0.3) is 11.1 Å². The monoisotopic (exact) mass is 263 g/mol. The average molecular weight is 263 g/mol. The lowest BCUT2D eigenvalue weighted by Crippen LogP contribution is -2.41. The van der Waals surface area contributed by atoms with Gasteiger partial charge < -0.3 is 20.2 Å². The maximum absolute atomic E-state index is 11.2. The van der Waals surface area contributed by atoms with Crippen LogP contribution in [0.3, 0.4) is 0 Å². The molecule has 0 bridgehead atoms. The molecule has 102 valence electrons. The molecule has 1 aromatic heterocycles. The van der Waals surface area contributed by atoms with Crippen LogP contribution < -0.4 is 16.8 Å². The maximum Gasteiger partial charge on any atom is 0.417 e. The van der Waals surface area contributed by atoms with Crippen molar-refractivity contribution < 1.29 is 9.15 Å². The summed E-state index contributed by atoms with van der Waals surface area (Å²) in [7, 11) is 0. The van der Waals surface area contributed by atoms with E-state index in [1.54, 1.807) is 12.1 Å². The van der Waals surface area contributed by atoms with Crippen LogP contribution in [-0.2, 0) is 4.74 Å². The molecular formula is C13H17N3O3. The van der Waals surface area contributed by atoms with Crippen LogP contribution in [0.2, 0.25) is 0 Å². The highest BCUT2D eigenvalue weighted by Crippen LogP contribution is 2.33. The zero-order valence-electron chi connectivity index (χ0n) is 10.9. The Morgan fingerprint density at radius 2 is 2.32 bits per heavy atom. The van der Waals surface area contributed by atoms with Crippen molar-refractivity contribution in [1.29, 1.82) is 0 Å². The largest absolute Gasteiger partial charge is 0.417 e. The van der Waals surface area contributed by atoms with Gasteiger partial charge in [0, 0.05) is 12.7 Å². The van der Waals surface area contributed by atoms with Crippen molar-refractivity contribution in [3.8, 4) is 0 Å². The number of nitrogens with one attached hydrogen (secondary N) is 2. The predicted molar refractivity (Wildman–Crippen MR) is 73.3 cm³/mol. The Labute approximate surface area is 109 Å². The SMILES string of the molecule is CC1OCCC1(C)Nc1cc2[nH]c(=O)oc2cc1N. The zero-order valence-corrected chi connectivity index (χ0v) is 10.9. The van der Waals surface area contributed by atoms with E-state index >= 15 is 0 Å². The minimum absolute atomic E-state index is 0.103. The van der Waals surface area contributed by atoms with E-state index in [1.165, 1.54) is 0 Å². The average Bonchev–Trinajstić information content (AvgIpc) is 2.83. The summed E-state index contributed by atoms with van der Waals surface area (Å²) < 4.78 is 10.6. The van der Waals surface area contributed by atoms with E-state index in [1.807, 2.05) is 6.92 Å². The summed E-state index contributed by atoms with van der Waals surface area (Å²) in [4.78, 5) is 13.8. The molecule has 1 aliphatic heterocycles. The number of hydrogen-bond donors (Lipinski definition) is 3. The van der Waals surface area contributed by atoms with Crippen molar-refractivity contribution in [1.82, 2.24) is 4.98 Å². The molecule has 2 unspecified atom stereocenters. The van der Waals surface area contributed by atoms with Crippen molar-refractivity contribution >= 4 is 22.5 Å². The molecule has 0 spiro atoms. The van der Waals surface area contributed by atoms with Crippen LogP contribution in [0.15, 0.2) is 21.3 Å². The Hall–Kier alpha value is -1.95. The number of oxazole rings is 1. The minimum Gasteiger partial charge on any atom is -0.408 e. The number of nitrogen functional groups attached to an aromatic ring is 1. The van der Waals surface area contributed by atoms with E-state index < -0.39 is 5.76 Å². The van der Waals surface area contributed by atoms with Gasteiger partial charge in [0.1, 0.15) is 0 Å². The molecule has 1 aromatic carbocycles. The van der Waals surface area contributed by atoms with Crippen LogP contribution in [0.4, 0.5) is 11.4 Å². The lowest BCUT2D eigenvalue weighted by Gasteiger charge is -2.30. The summed E-state index contributed by atoms with van der Waals surface area (Å²) in [6.07, 6.45) is 1.01. The Kier molecular flexibility index (Phi) is 2.56. The number of hydrogen-bond acceptors (Lipinski definition) is 5. The Balaban J connectivity index is 2.00. The first-order valence-corrected chi connectivity index (χ1v) is 6.30. The van der Waals surface area contributed by atoms with Crippen LogP contribution in [0.1, 0.15) is 20.3 Å². The molecule has 6 nitrogen and oxygen atoms in total. The fraction of sp³-hybridized carbons (Fsp3) is 0.462. The van der Waals surface area contributed by atoms with Gasteiger partial charge in [-0.25, -0.2) is 4.79 Å². The molecule has 0 radical (unpaired) electrons. The van der Waals surface area contributed by atoms with Gasteiger partial charge in [0.15, 0.2) is 5.58 Å². The zero-order chi connectivity index (χ0) is 13.6. The molecular weight excluding hydrogens is 246 g/mol. The van der Waals surface area contributed by atoms with Crippen molar-refractivity contribution in [3.05, 3.63) is 22.7 Å². The summed E-state index contributed by atoms with van der Waals surface area (Å²) in [5.74, 6) is -0.477. The van der Waals surface area contributed by atoms with Crippen LogP contribution in [0, 0.1) is 0 Å². The third kappa shape index (κ3) is 1.98. The van der Waals surface area contributed by atoms with Crippen molar-refractivity contribution in [3.63, 3.8) is 0 Å². The number of aromatic amines is 1. The van der Waals surface area contributed by atoms with Gasteiger partial charge in [-0.2, -0.15) is 0 Å². The number of aromatic nitrogens is 1. The number of fused-ring (bicyclic) bond motifs is 1. The predicted octanol–water partition coefficient (Wildman–Crippen LogP) is 1.68. The lowest BCUT2D eigenvalue weighted by molar-refractivity contribution is 0.105. The molecule has 1 fully saturated rings. The third-order valence-electron chi connectivity index (χ3n) is 3.90. The first-order valence-electron chi connectivity index (χ1n) is 6.30. The standard InChI is InChI=1S/C13H17N3O3/c1-7-13(2,3-4-18-7)16-9-6-10-11(5-8(9)14)19-12(17)15-10/h5-7,16H,3-4,14H2,1-2H3,(H,15,17). The highest BCUT2D eigenvalue weighted by Gasteiger charge is 2.37. The second-order valence-electron chi connectivity index (χ2n) is 5.26. The first-order chi connectivity index (χ1) is 8.98. The maximum atomic E-state index is 11.2. The Morgan fingerprint density at radius 3 is 3.00 bits per heavy atom. The fourth-order valence-corrected chi connectivity index (χ4v) is 2.43. The van der Waals surface area contributed by atoms with Gasteiger partial charge >= 0.3 is 5.76 Å². The van der Waals surface area contributed by atoms with Gasteiger partial charge in [-0.1, -0.05) is 0 Å². The Morgan fingerprint density at radius 1 is 1.53 bits per heavy atom. The molecule has 2 heterocycles. The molecule has 2 atom stereocenters. The molecule has 1 aliphatic rings. The van der Waals surface area contributed by atoms with Crippen LogP contribution in [-0.4, -0.2) is 23.2 Å². The fourth-order valence-electron chi connectivity index (χ4n) is 2.43. The smallest absolute Gasteiger partial charge is 0.408 e. The molecule has 6 heteroatoms. The van der Waals surface area contributed by atoms with Crippen molar-refractivity contribution in [2.45, 2.75) is 31.9 Å². The summed E-state index contributed by atoms with van der Waals surface area (Å²) in [6, 6.07) is 3.45. The summed E-state index contributed by atoms with van der Waals surface area (Å²) >= 11 is 0. The van der Waals surface area contributed by atoms with E-state index in [2.05, 4.69) is 17.2 Å². The van der Waals surface area contributed by atoms with Crippen molar-refractivity contribution in [2.24, 2.45) is 0 Å². The molecule has 0 saturated carbocycles. The topological polar surface area (TPSA) is 93.3 Å². The quantitative estimate of drug-likeness (QED) is 0.717. The number of H-pyrrole nitrogens is 1. The number of nitrogens with two attached hydrogens (primary N) is 1. The summed E-state index contributed by atoms with van der Waals surface area (Å²) in [5.41, 5.74) is 8.27. The highest BCUT2D eigenvalue weighted by atomic mass is 16.5. The van der Waals surface area contributed by atoms with E-state index in [4.69, 9.17) is 14.9 Å². The van der Waals surface area contributed by atoms with E-state index in [0.29, 0.717) is 16.8 Å². The molecule has 0 amide bonds. The normalized spacial score (nSPS) is 26.9. The van der Waals surface area contributed by atoms with Gasteiger partial charge in [-0.15, -0.1) is 0 Å². The Bertz CT molecular complexity index is 675. The number of rotatable bonds is 2. The van der Waals surface area contributed by atoms with Gasteiger partial charge in [-0.05, 0) is 26.3 Å². The molecule has 3 rings (SSSR count). The van der Waals surface area contributed by atoms with E-state index in [0.717, 1.165) is 18.7 Å². The second kappa shape index (κ2) is 4.03. The third-order valence-corrected chi connectivity index (χ3v) is 3.90. The number of anilines is 2. The van der Waals surface area contributed by atoms with Gasteiger partial charge in [0.05, 0.1) is 28.5 Å².